The van der Waals surface area contributed by atoms with Crippen LogP contribution in [0.25, 0.3) is 5.65 Å². The molecular formula is C13H15N5S. The minimum absolute atomic E-state index is 0.779. The van der Waals surface area contributed by atoms with Gasteiger partial charge in [0.25, 0.3) is 0 Å². The summed E-state index contributed by atoms with van der Waals surface area (Å²) < 4.78 is 1.77. The van der Waals surface area contributed by atoms with Crippen LogP contribution in [0.3, 0.4) is 0 Å². The maximum absolute atomic E-state index is 4.56. The number of nitrogens with zero attached hydrogens (tertiary/aromatic N) is 5. The van der Waals surface area contributed by atoms with E-state index in [2.05, 4.69) is 39.3 Å². The van der Waals surface area contributed by atoms with Crippen molar-refractivity contribution < 1.29 is 0 Å². The second-order valence-electron chi connectivity index (χ2n) is 4.58. The van der Waals surface area contributed by atoms with Gasteiger partial charge in [-0.2, -0.15) is 4.52 Å². The Kier molecular flexibility index (Phi) is 2.94. The van der Waals surface area contributed by atoms with Gasteiger partial charge >= 0.3 is 0 Å². The Bertz CT molecular complexity index is 715. The Balaban J connectivity index is 1.88. The number of aromatic nitrogens is 4. The molecule has 0 fully saturated rings. The molecule has 0 N–H and O–H groups in total. The number of rotatable bonds is 3. The predicted octanol–water partition coefficient (Wildman–Crippen LogP) is 2.44. The van der Waals surface area contributed by atoms with Crippen molar-refractivity contribution in [3.63, 3.8) is 0 Å². The molecule has 0 atom stereocenters. The summed E-state index contributed by atoms with van der Waals surface area (Å²) in [7, 11) is 2.04. The van der Waals surface area contributed by atoms with E-state index in [1.165, 1.54) is 9.75 Å². The molecule has 0 bridgehead atoms. The Morgan fingerprint density at radius 2 is 2.00 bits per heavy atom. The molecule has 0 amide bonds. The van der Waals surface area contributed by atoms with Gasteiger partial charge in [-0.3, -0.25) is 0 Å². The monoisotopic (exact) mass is 273 g/mol. The molecule has 0 aliphatic carbocycles. The SMILES string of the molecule is Cc1ccc(CN(C)c2ccc3nnc(C)n3n2)s1. The van der Waals surface area contributed by atoms with E-state index < -0.39 is 0 Å². The lowest BCUT2D eigenvalue weighted by Crippen LogP contribution is -2.18. The number of aryl methyl sites for hydroxylation is 2. The van der Waals surface area contributed by atoms with Crippen LogP contribution in [0.15, 0.2) is 24.3 Å². The van der Waals surface area contributed by atoms with Crippen LogP contribution < -0.4 is 4.90 Å². The highest BCUT2D eigenvalue weighted by atomic mass is 32.1. The third-order valence-electron chi connectivity index (χ3n) is 2.98. The van der Waals surface area contributed by atoms with Crippen molar-refractivity contribution in [2.75, 3.05) is 11.9 Å². The summed E-state index contributed by atoms with van der Waals surface area (Å²) in [6.07, 6.45) is 0. The number of hydrogen-bond acceptors (Lipinski definition) is 5. The first-order valence-electron chi connectivity index (χ1n) is 6.09. The molecule has 5 nitrogen and oxygen atoms in total. The highest BCUT2D eigenvalue weighted by molar-refractivity contribution is 7.11. The molecule has 3 aromatic rings. The zero-order valence-corrected chi connectivity index (χ0v) is 12.0. The van der Waals surface area contributed by atoms with Crippen LogP contribution >= 0.6 is 11.3 Å². The van der Waals surface area contributed by atoms with Gasteiger partial charge in [0.1, 0.15) is 5.82 Å². The molecule has 0 aliphatic rings. The Labute approximate surface area is 115 Å². The van der Waals surface area contributed by atoms with E-state index in [-0.39, 0.29) is 0 Å². The largest absolute Gasteiger partial charge is 0.353 e. The highest BCUT2D eigenvalue weighted by Gasteiger charge is 2.08. The molecule has 0 spiro atoms. The van der Waals surface area contributed by atoms with Gasteiger partial charge in [-0.05, 0) is 38.1 Å². The van der Waals surface area contributed by atoms with Crippen LogP contribution in [0.4, 0.5) is 5.82 Å². The maximum atomic E-state index is 4.56. The second kappa shape index (κ2) is 4.62. The molecule has 0 aromatic carbocycles. The smallest absolute Gasteiger partial charge is 0.178 e. The van der Waals surface area contributed by atoms with Gasteiger partial charge in [-0.25, -0.2) is 0 Å². The van der Waals surface area contributed by atoms with E-state index >= 15 is 0 Å². The Hall–Kier alpha value is -1.95. The molecule has 98 valence electrons. The van der Waals surface area contributed by atoms with Gasteiger partial charge < -0.3 is 4.90 Å². The van der Waals surface area contributed by atoms with Crippen molar-refractivity contribution in [2.45, 2.75) is 20.4 Å². The van der Waals surface area contributed by atoms with E-state index in [9.17, 15) is 0 Å². The zero-order valence-electron chi connectivity index (χ0n) is 11.2. The molecule has 0 radical (unpaired) electrons. The van der Waals surface area contributed by atoms with Crippen LogP contribution in [0.1, 0.15) is 15.6 Å². The molecule has 0 unspecified atom stereocenters. The van der Waals surface area contributed by atoms with Crippen molar-refractivity contribution >= 4 is 22.8 Å². The van der Waals surface area contributed by atoms with Gasteiger partial charge in [0.2, 0.25) is 0 Å². The number of fused-ring (bicyclic) bond motifs is 1. The molecule has 6 heteroatoms. The summed E-state index contributed by atoms with van der Waals surface area (Å²) in [5.74, 6) is 1.72. The van der Waals surface area contributed by atoms with Gasteiger partial charge in [-0.1, -0.05) is 0 Å². The van der Waals surface area contributed by atoms with Crippen LogP contribution in [-0.2, 0) is 6.54 Å². The molecule has 3 rings (SSSR count). The Morgan fingerprint density at radius 1 is 1.16 bits per heavy atom. The minimum atomic E-state index is 0.779. The van der Waals surface area contributed by atoms with Gasteiger partial charge in [-0.15, -0.1) is 26.6 Å². The topological polar surface area (TPSA) is 46.3 Å². The number of anilines is 1. The third kappa shape index (κ3) is 2.31. The first-order valence-corrected chi connectivity index (χ1v) is 6.90. The number of thiophene rings is 1. The molecule has 3 aromatic heterocycles. The lowest BCUT2D eigenvalue weighted by atomic mass is 10.4. The summed E-state index contributed by atoms with van der Waals surface area (Å²) in [4.78, 5) is 4.80. The molecule has 3 heterocycles. The average Bonchev–Trinajstić information content (AvgIpc) is 2.96. The maximum Gasteiger partial charge on any atom is 0.178 e. The second-order valence-corrected chi connectivity index (χ2v) is 5.95. The van der Waals surface area contributed by atoms with Crippen molar-refractivity contribution in [1.82, 2.24) is 19.8 Å². The summed E-state index contributed by atoms with van der Waals surface area (Å²) in [6.45, 7) is 4.89. The predicted molar refractivity (Wildman–Crippen MR) is 76.7 cm³/mol. The standard InChI is InChI=1S/C13H15N5S/c1-9-4-5-11(19-9)8-17(3)13-7-6-12-15-14-10(2)18(12)16-13/h4-7H,8H2,1-3H3. The van der Waals surface area contributed by atoms with Gasteiger partial charge in [0, 0.05) is 16.8 Å². The number of hydrogen-bond donors (Lipinski definition) is 0. The summed E-state index contributed by atoms with van der Waals surface area (Å²) in [5.41, 5.74) is 0.779. The quantitative estimate of drug-likeness (QED) is 0.735. The van der Waals surface area contributed by atoms with Crippen molar-refractivity contribution in [3.05, 3.63) is 39.8 Å². The highest BCUT2D eigenvalue weighted by Crippen LogP contribution is 2.19. The van der Waals surface area contributed by atoms with Crippen molar-refractivity contribution in [2.24, 2.45) is 0 Å². The van der Waals surface area contributed by atoms with Crippen LogP contribution in [-0.4, -0.2) is 26.9 Å². The van der Waals surface area contributed by atoms with Crippen molar-refractivity contribution in [3.8, 4) is 0 Å². The summed E-state index contributed by atoms with van der Waals surface area (Å²) in [6, 6.07) is 8.23. The molecule has 0 aliphatic heterocycles. The van der Waals surface area contributed by atoms with Gasteiger partial charge in [0.05, 0.1) is 6.54 Å². The van der Waals surface area contributed by atoms with E-state index in [0.29, 0.717) is 0 Å². The lowest BCUT2D eigenvalue weighted by molar-refractivity contribution is 0.824. The molecular weight excluding hydrogens is 258 g/mol. The molecule has 0 saturated carbocycles. The third-order valence-corrected chi connectivity index (χ3v) is 3.97. The minimum Gasteiger partial charge on any atom is -0.353 e. The van der Waals surface area contributed by atoms with Crippen molar-refractivity contribution in [1.29, 1.82) is 0 Å². The first-order chi connectivity index (χ1) is 9.13. The average molecular weight is 273 g/mol. The fourth-order valence-electron chi connectivity index (χ4n) is 1.97. The Morgan fingerprint density at radius 3 is 2.74 bits per heavy atom. The first kappa shape index (κ1) is 12.1. The summed E-state index contributed by atoms with van der Waals surface area (Å²) >= 11 is 1.82. The van der Waals surface area contributed by atoms with Crippen LogP contribution in [0.5, 0.6) is 0 Å². The van der Waals surface area contributed by atoms with Crippen LogP contribution in [0.2, 0.25) is 0 Å². The fourth-order valence-corrected chi connectivity index (χ4v) is 2.92. The normalized spacial score (nSPS) is 11.1. The van der Waals surface area contributed by atoms with E-state index in [1.807, 2.05) is 37.4 Å². The zero-order chi connectivity index (χ0) is 13.4. The van der Waals surface area contributed by atoms with E-state index in [1.54, 1.807) is 4.52 Å². The van der Waals surface area contributed by atoms with E-state index in [0.717, 1.165) is 23.8 Å². The fraction of sp³-hybridized carbons (Fsp3) is 0.308. The molecule has 0 saturated heterocycles. The van der Waals surface area contributed by atoms with Gasteiger partial charge in [0.15, 0.2) is 11.5 Å². The van der Waals surface area contributed by atoms with E-state index in [4.69, 9.17) is 0 Å². The lowest BCUT2D eigenvalue weighted by Gasteiger charge is -2.16. The van der Waals surface area contributed by atoms with Crippen LogP contribution in [0, 0.1) is 13.8 Å². The summed E-state index contributed by atoms with van der Waals surface area (Å²) in [5, 5.41) is 12.6. The molecule has 19 heavy (non-hydrogen) atoms.